The lowest BCUT2D eigenvalue weighted by Gasteiger charge is -2.31. The van der Waals surface area contributed by atoms with Gasteiger partial charge in [0.2, 0.25) is 5.95 Å². The molecule has 1 aromatic rings. The summed E-state index contributed by atoms with van der Waals surface area (Å²) in [5.41, 5.74) is 1.35. The summed E-state index contributed by atoms with van der Waals surface area (Å²) in [4.78, 5) is 11.5. The maximum absolute atomic E-state index is 14.0. The fourth-order valence-electron chi connectivity index (χ4n) is 3.30. The van der Waals surface area contributed by atoms with Crippen molar-refractivity contribution in [2.75, 3.05) is 42.1 Å². The second-order valence-corrected chi connectivity index (χ2v) is 8.55. The molecule has 0 saturated carbocycles. The van der Waals surface area contributed by atoms with Gasteiger partial charge in [-0.3, -0.25) is 4.72 Å². The molecule has 1 aliphatic carbocycles. The third kappa shape index (κ3) is 5.65. The van der Waals surface area contributed by atoms with Crippen molar-refractivity contribution < 1.29 is 8.78 Å². The number of nitrogens with zero attached hydrogens (tertiary/aromatic N) is 3. The Bertz CT molecular complexity index is 637. The van der Waals surface area contributed by atoms with Crippen LogP contribution in [0.2, 0.25) is 0 Å². The van der Waals surface area contributed by atoms with Gasteiger partial charge in [0.25, 0.3) is 5.92 Å². The molecular weight excluding hydrogens is 370 g/mol. The highest BCUT2D eigenvalue weighted by Gasteiger charge is 2.37. The van der Waals surface area contributed by atoms with E-state index >= 15 is 0 Å². The molecule has 1 saturated heterocycles. The van der Waals surface area contributed by atoms with Crippen LogP contribution in [-0.4, -0.2) is 59.9 Å². The minimum absolute atomic E-state index is 0.103. The van der Waals surface area contributed by atoms with E-state index in [1.54, 1.807) is 11.9 Å². The van der Waals surface area contributed by atoms with Crippen molar-refractivity contribution >= 4 is 23.7 Å². The number of alkyl halides is 2. The van der Waals surface area contributed by atoms with Gasteiger partial charge < -0.3 is 15.5 Å². The van der Waals surface area contributed by atoms with Gasteiger partial charge in [-0.05, 0) is 27.2 Å². The van der Waals surface area contributed by atoms with Crippen molar-refractivity contribution in [3.63, 3.8) is 0 Å². The standard InChI is InChI=1S/C18H30F2N6S/c1-12(2)25-27-11-13(3)22-16-14-10-18(19,20)5-4-15(14)23-17(24-16)26-8-6-21-7-9-26/h12-13,21,25H,4-11H2,1-3H3,(H,22,23,24). The van der Waals surface area contributed by atoms with Gasteiger partial charge in [0.1, 0.15) is 5.82 Å². The third-order valence-electron chi connectivity index (χ3n) is 4.68. The molecule has 1 aliphatic heterocycles. The van der Waals surface area contributed by atoms with Crippen LogP contribution in [0.4, 0.5) is 20.5 Å². The van der Waals surface area contributed by atoms with Crippen LogP contribution in [0, 0.1) is 0 Å². The molecule has 3 rings (SSSR count). The largest absolute Gasteiger partial charge is 0.366 e. The molecule has 0 amide bonds. The Morgan fingerprint density at radius 2 is 1.96 bits per heavy atom. The summed E-state index contributed by atoms with van der Waals surface area (Å²) in [7, 11) is 0. The van der Waals surface area contributed by atoms with Gasteiger partial charge in [-0.15, -0.1) is 0 Å². The van der Waals surface area contributed by atoms with E-state index in [4.69, 9.17) is 0 Å². The molecule has 0 radical (unpaired) electrons. The van der Waals surface area contributed by atoms with E-state index in [2.05, 4.69) is 51.0 Å². The summed E-state index contributed by atoms with van der Waals surface area (Å²) in [5, 5.41) is 6.69. The maximum Gasteiger partial charge on any atom is 0.252 e. The van der Waals surface area contributed by atoms with E-state index in [0.29, 0.717) is 29.8 Å². The van der Waals surface area contributed by atoms with Crippen LogP contribution in [-0.2, 0) is 12.8 Å². The summed E-state index contributed by atoms with van der Waals surface area (Å²) < 4.78 is 31.4. The fraction of sp³-hybridized carbons (Fsp3) is 0.778. The fourth-order valence-corrected chi connectivity index (χ4v) is 4.06. The molecule has 0 bridgehead atoms. The summed E-state index contributed by atoms with van der Waals surface area (Å²) in [6.45, 7) is 9.66. The number of rotatable bonds is 7. The molecule has 0 aromatic carbocycles. The Kier molecular flexibility index (Phi) is 6.75. The van der Waals surface area contributed by atoms with Gasteiger partial charge in [0, 0.05) is 62.4 Å². The van der Waals surface area contributed by atoms with Crippen molar-refractivity contribution in [3.8, 4) is 0 Å². The Hall–Kier alpha value is -1.19. The van der Waals surface area contributed by atoms with E-state index < -0.39 is 5.92 Å². The predicted octanol–water partition coefficient (Wildman–Crippen LogP) is 2.46. The van der Waals surface area contributed by atoms with Crippen LogP contribution in [0.5, 0.6) is 0 Å². The average Bonchev–Trinajstić information content (AvgIpc) is 2.62. The normalized spacial score (nSPS) is 20.4. The molecule has 27 heavy (non-hydrogen) atoms. The number of hydrogen-bond donors (Lipinski definition) is 3. The summed E-state index contributed by atoms with van der Waals surface area (Å²) in [6, 6.07) is 0.499. The smallest absolute Gasteiger partial charge is 0.252 e. The Balaban J connectivity index is 1.80. The second-order valence-electron chi connectivity index (χ2n) is 7.70. The average molecular weight is 401 g/mol. The zero-order valence-corrected chi connectivity index (χ0v) is 17.1. The molecular formula is C18H30F2N6S. The molecule has 152 valence electrons. The number of fused-ring (bicyclic) bond motifs is 1. The molecule has 6 nitrogen and oxygen atoms in total. The molecule has 2 aliphatic rings. The Labute approximate surface area is 164 Å². The van der Waals surface area contributed by atoms with Crippen LogP contribution >= 0.6 is 11.9 Å². The third-order valence-corrected chi connectivity index (χ3v) is 5.98. The molecule has 3 N–H and O–H groups in total. The van der Waals surface area contributed by atoms with Crippen molar-refractivity contribution in [1.29, 1.82) is 0 Å². The molecule has 1 atom stereocenters. The van der Waals surface area contributed by atoms with Crippen LogP contribution < -0.4 is 20.3 Å². The van der Waals surface area contributed by atoms with Crippen LogP contribution in [0.1, 0.15) is 38.4 Å². The Morgan fingerprint density at radius 3 is 2.67 bits per heavy atom. The summed E-state index contributed by atoms with van der Waals surface area (Å²) >= 11 is 1.64. The lowest BCUT2D eigenvalue weighted by molar-refractivity contribution is -0.0127. The highest BCUT2D eigenvalue weighted by Crippen LogP contribution is 2.36. The number of hydrogen-bond acceptors (Lipinski definition) is 7. The van der Waals surface area contributed by atoms with Crippen molar-refractivity contribution in [3.05, 3.63) is 11.3 Å². The van der Waals surface area contributed by atoms with E-state index in [0.717, 1.165) is 37.6 Å². The zero-order chi connectivity index (χ0) is 19.4. The van der Waals surface area contributed by atoms with Crippen LogP contribution in [0.3, 0.4) is 0 Å². The first-order valence-electron chi connectivity index (χ1n) is 9.71. The summed E-state index contributed by atoms with van der Waals surface area (Å²) in [6.07, 6.45) is -0.117. The first kappa shape index (κ1) is 20.5. The van der Waals surface area contributed by atoms with Crippen LogP contribution in [0.15, 0.2) is 0 Å². The van der Waals surface area contributed by atoms with E-state index in [1.807, 2.05) is 0 Å². The summed E-state index contributed by atoms with van der Waals surface area (Å²) in [5.74, 6) is -0.634. The number of nitrogens with one attached hydrogen (secondary N) is 3. The minimum atomic E-state index is -2.68. The highest BCUT2D eigenvalue weighted by atomic mass is 32.2. The molecule has 0 spiro atoms. The SMILES string of the molecule is CC(C)NSCC(C)Nc1nc(N2CCNCC2)nc2c1CC(F)(F)CC2. The first-order valence-corrected chi connectivity index (χ1v) is 10.7. The first-order chi connectivity index (χ1) is 12.8. The van der Waals surface area contributed by atoms with Gasteiger partial charge in [-0.2, -0.15) is 4.98 Å². The van der Waals surface area contributed by atoms with Crippen molar-refractivity contribution in [2.24, 2.45) is 0 Å². The number of aromatic nitrogens is 2. The van der Waals surface area contributed by atoms with Gasteiger partial charge in [0.05, 0.1) is 5.69 Å². The van der Waals surface area contributed by atoms with E-state index in [9.17, 15) is 8.78 Å². The van der Waals surface area contributed by atoms with Gasteiger partial charge in [-0.1, -0.05) is 11.9 Å². The van der Waals surface area contributed by atoms with Gasteiger partial charge in [-0.25, -0.2) is 13.8 Å². The topological polar surface area (TPSA) is 65.1 Å². The lowest BCUT2D eigenvalue weighted by atomic mass is 9.93. The van der Waals surface area contributed by atoms with Gasteiger partial charge >= 0.3 is 0 Å². The minimum Gasteiger partial charge on any atom is -0.366 e. The monoisotopic (exact) mass is 400 g/mol. The lowest BCUT2D eigenvalue weighted by Crippen LogP contribution is -2.44. The molecule has 1 fully saturated rings. The molecule has 1 unspecified atom stereocenters. The van der Waals surface area contributed by atoms with Crippen LogP contribution in [0.25, 0.3) is 0 Å². The number of aryl methyl sites for hydroxylation is 1. The van der Waals surface area contributed by atoms with Crippen molar-refractivity contribution in [2.45, 2.75) is 58.0 Å². The molecule has 1 aromatic heterocycles. The van der Waals surface area contributed by atoms with Gasteiger partial charge in [0.15, 0.2) is 0 Å². The van der Waals surface area contributed by atoms with Crippen molar-refractivity contribution in [1.82, 2.24) is 20.0 Å². The highest BCUT2D eigenvalue weighted by molar-refractivity contribution is 7.97. The number of piperazine rings is 1. The quantitative estimate of drug-likeness (QED) is 0.608. The molecule has 9 heteroatoms. The predicted molar refractivity (Wildman–Crippen MR) is 108 cm³/mol. The number of halogens is 2. The Morgan fingerprint density at radius 1 is 1.22 bits per heavy atom. The second kappa shape index (κ2) is 8.87. The maximum atomic E-state index is 14.0. The van der Waals surface area contributed by atoms with E-state index in [-0.39, 0.29) is 18.9 Å². The van der Waals surface area contributed by atoms with E-state index in [1.165, 1.54) is 0 Å². The zero-order valence-electron chi connectivity index (χ0n) is 16.3. The molecule has 2 heterocycles. The number of anilines is 2.